The molecule has 230 valence electrons. The van der Waals surface area contributed by atoms with Crippen molar-refractivity contribution in [1.29, 1.82) is 0 Å². The van der Waals surface area contributed by atoms with Crippen LogP contribution in [0.2, 0.25) is 0 Å². The van der Waals surface area contributed by atoms with E-state index in [2.05, 4.69) is 17.4 Å². The number of alkyl carbamates (subject to hydrolysis) is 1. The second kappa shape index (κ2) is 13.3. The third-order valence-electron chi connectivity index (χ3n) is 6.93. The summed E-state index contributed by atoms with van der Waals surface area (Å²) in [5.74, 6) is -0.550. The zero-order valence-corrected chi connectivity index (χ0v) is 25.8. The fourth-order valence-electron chi connectivity index (χ4n) is 4.91. The highest BCUT2D eigenvalue weighted by Crippen LogP contribution is 2.38. The number of fused-ring (bicyclic) bond motifs is 1. The third-order valence-corrected chi connectivity index (χ3v) is 8.09. The molecule has 0 aliphatic rings. The molecule has 1 heterocycles. The van der Waals surface area contributed by atoms with Gasteiger partial charge in [-0.05, 0) is 55.2 Å². The maximum absolute atomic E-state index is 12.1. The molecular formula is C35H32N2O7S. The van der Waals surface area contributed by atoms with Crippen LogP contribution in [0.4, 0.5) is 10.5 Å². The van der Waals surface area contributed by atoms with Crippen LogP contribution < -0.4 is 5.32 Å². The molecule has 2 N–H and O–H groups in total. The molecule has 0 bridgehead atoms. The lowest BCUT2D eigenvalue weighted by atomic mass is 9.96. The molecule has 9 nitrogen and oxygen atoms in total. The number of rotatable bonds is 10. The highest BCUT2D eigenvalue weighted by atomic mass is 32.2. The van der Waals surface area contributed by atoms with Crippen molar-refractivity contribution >= 4 is 40.5 Å². The molecule has 5 rings (SSSR count). The normalized spacial score (nSPS) is 12.1. The minimum absolute atomic E-state index is 0.132. The highest BCUT2D eigenvalue weighted by molar-refractivity contribution is 7.99. The molecule has 0 spiro atoms. The summed E-state index contributed by atoms with van der Waals surface area (Å²) in [4.78, 5) is 35.7. The Labute approximate surface area is 264 Å². The van der Waals surface area contributed by atoms with Crippen molar-refractivity contribution in [3.63, 3.8) is 0 Å². The number of nitrogens with zero attached hydrogens (tertiary/aromatic N) is 1. The Bertz CT molecular complexity index is 1840. The first-order chi connectivity index (χ1) is 21.5. The van der Waals surface area contributed by atoms with Crippen LogP contribution >= 0.6 is 11.8 Å². The molecule has 0 aliphatic heterocycles. The van der Waals surface area contributed by atoms with E-state index >= 15 is 0 Å². The van der Waals surface area contributed by atoms with E-state index in [0.717, 1.165) is 50.7 Å². The van der Waals surface area contributed by atoms with Crippen molar-refractivity contribution in [2.24, 2.45) is 0 Å². The van der Waals surface area contributed by atoms with Crippen LogP contribution in [0.1, 0.15) is 32.1 Å². The predicted octanol–water partition coefficient (Wildman–Crippen LogP) is 8.34. The summed E-state index contributed by atoms with van der Waals surface area (Å²) < 4.78 is 11.4. The van der Waals surface area contributed by atoms with Gasteiger partial charge in [-0.2, -0.15) is 0 Å². The van der Waals surface area contributed by atoms with Gasteiger partial charge in [0.25, 0.3) is 5.69 Å². The predicted molar refractivity (Wildman–Crippen MR) is 175 cm³/mol. The van der Waals surface area contributed by atoms with E-state index in [0.29, 0.717) is 12.0 Å². The van der Waals surface area contributed by atoms with Crippen molar-refractivity contribution in [3.8, 4) is 22.3 Å². The van der Waals surface area contributed by atoms with E-state index in [-0.39, 0.29) is 16.3 Å². The Kier molecular flexibility index (Phi) is 9.24. The molecule has 0 radical (unpaired) electrons. The van der Waals surface area contributed by atoms with Gasteiger partial charge in [0, 0.05) is 29.2 Å². The van der Waals surface area contributed by atoms with Crippen molar-refractivity contribution in [3.05, 3.63) is 118 Å². The highest BCUT2D eigenvalue weighted by Gasteiger charge is 2.26. The van der Waals surface area contributed by atoms with Gasteiger partial charge in [0.1, 0.15) is 23.0 Å². The van der Waals surface area contributed by atoms with Crippen LogP contribution in [0.5, 0.6) is 0 Å². The number of hydrogen-bond donors (Lipinski definition) is 2. The number of thioether (sulfide) groups is 1. The summed E-state index contributed by atoms with van der Waals surface area (Å²) >= 11 is 0.977. The molecule has 45 heavy (non-hydrogen) atoms. The van der Waals surface area contributed by atoms with E-state index in [9.17, 15) is 24.8 Å². The number of nitrogens with one attached hydrogen (secondary N) is 1. The molecule has 0 fully saturated rings. The minimum Gasteiger partial charge on any atom is -0.480 e. The third kappa shape index (κ3) is 7.71. The lowest BCUT2D eigenvalue weighted by molar-refractivity contribution is -0.387. The SMILES string of the molecule is CC(C)(C)OC(=O)N[C@@H](CSc1ccc(-c2ccc(-c3c(Cc4ccccc4)oc4ccccc34)cc2)cc1[N+](=O)[O-])C(=O)O. The average molecular weight is 625 g/mol. The number of benzene rings is 4. The Morgan fingerprint density at radius 1 is 0.933 bits per heavy atom. The molecule has 4 aromatic carbocycles. The van der Waals surface area contributed by atoms with E-state index in [1.807, 2.05) is 66.7 Å². The van der Waals surface area contributed by atoms with E-state index in [1.165, 1.54) is 6.07 Å². The Balaban J connectivity index is 1.38. The van der Waals surface area contributed by atoms with Crippen LogP contribution in [0.3, 0.4) is 0 Å². The van der Waals surface area contributed by atoms with Crippen LogP contribution in [0.15, 0.2) is 106 Å². The molecule has 10 heteroatoms. The van der Waals surface area contributed by atoms with Crippen molar-refractivity contribution < 1.29 is 28.8 Å². The Hall–Kier alpha value is -5.09. The number of nitro groups is 1. The summed E-state index contributed by atoms with van der Waals surface area (Å²) in [5, 5.41) is 24.9. The molecule has 0 saturated heterocycles. The number of para-hydroxylation sites is 1. The lowest BCUT2D eigenvalue weighted by Gasteiger charge is -2.21. The van der Waals surface area contributed by atoms with Crippen LogP contribution in [-0.2, 0) is 16.0 Å². The smallest absolute Gasteiger partial charge is 0.408 e. The minimum atomic E-state index is -1.30. The average Bonchev–Trinajstić information content (AvgIpc) is 3.36. The standard InChI is InChI=1S/C35H32N2O7S/c1-35(2,3)44-34(40)36-27(33(38)39)21-45-31-18-17-25(20-28(31)37(41)42)23-13-15-24(16-14-23)32-26-11-7-8-12-29(26)43-30(32)19-22-9-5-4-6-10-22/h4-18,20,27H,19,21H2,1-3H3,(H,36,40)(H,38,39)/t27-/m0/s1. The van der Waals surface area contributed by atoms with Crippen LogP contribution in [-0.4, -0.2) is 39.5 Å². The lowest BCUT2D eigenvalue weighted by Crippen LogP contribution is -2.44. The number of amides is 1. The number of furan rings is 1. The number of carbonyl (C=O) groups is 2. The number of carboxylic acid groups (broad SMARTS) is 1. The van der Waals surface area contributed by atoms with Gasteiger partial charge in [-0.15, -0.1) is 11.8 Å². The second-order valence-electron chi connectivity index (χ2n) is 11.4. The zero-order chi connectivity index (χ0) is 32.1. The van der Waals surface area contributed by atoms with Gasteiger partial charge in [-0.3, -0.25) is 10.1 Å². The summed E-state index contributed by atoms with van der Waals surface area (Å²) in [6.07, 6.45) is -0.243. The molecule has 1 amide bonds. The van der Waals surface area contributed by atoms with E-state index in [4.69, 9.17) is 9.15 Å². The Morgan fingerprint density at radius 3 is 2.24 bits per heavy atom. The fraction of sp³-hybridized carbons (Fsp3) is 0.200. The summed E-state index contributed by atoms with van der Waals surface area (Å²) in [6.45, 7) is 4.99. The van der Waals surface area contributed by atoms with Gasteiger partial charge in [0.15, 0.2) is 0 Å². The quantitative estimate of drug-likeness (QED) is 0.0900. The maximum Gasteiger partial charge on any atom is 0.408 e. The van der Waals surface area contributed by atoms with E-state index < -0.39 is 28.6 Å². The summed E-state index contributed by atoms with van der Waals surface area (Å²) in [6, 6.07) is 29.3. The molecule has 1 aromatic heterocycles. The molecule has 0 unspecified atom stereocenters. The fourth-order valence-corrected chi connectivity index (χ4v) is 5.92. The largest absolute Gasteiger partial charge is 0.480 e. The van der Waals surface area contributed by atoms with Gasteiger partial charge >= 0.3 is 12.1 Å². The first-order valence-corrected chi connectivity index (χ1v) is 15.3. The first kappa shape index (κ1) is 31.3. The summed E-state index contributed by atoms with van der Waals surface area (Å²) in [7, 11) is 0. The van der Waals surface area contributed by atoms with Crippen molar-refractivity contribution in [1.82, 2.24) is 5.32 Å². The zero-order valence-electron chi connectivity index (χ0n) is 25.0. The number of nitro benzene ring substituents is 1. The van der Waals surface area contributed by atoms with Crippen molar-refractivity contribution in [2.45, 2.75) is 43.7 Å². The molecule has 1 atom stereocenters. The van der Waals surface area contributed by atoms with Gasteiger partial charge in [-0.1, -0.05) is 78.9 Å². The second-order valence-corrected chi connectivity index (χ2v) is 12.5. The van der Waals surface area contributed by atoms with Crippen molar-refractivity contribution in [2.75, 3.05) is 5.75 Å². The van der Waals surface area contributed by atoms with Gasteiger partial charge in [0.2, 0.25) is 0 Å². The molecular weight excluding hydrogens is 592 g/mol. The topological polar surface area (TPSA) is 132 Å². The summed E-state index contributed by atoms with van der Waals surface area (Å²) in [5.41, 5.74) is 4.37. The van der Waals surface area contributed by atoms with Crippen LogP contribution in [0, 0.1) is 10.1 Å². The monoisotopic (exact) mass is 624 g/mol. The number of aliphatic carboxylic acids is 1. The molecule has 0 aliphatic carbocycles. The van der Waals surface area contributed by atoms with Gasteiger partial charge in [-0.25, -0.2) is 9.59 Å². The van der Waals surface area contributed by atoms with E-state index in [1.54, 1.807) is 32.9 Å². The Morgan fingerprint density at radius 2 is 1.58 bits per heavy atom. The van der Waals surface area contributed by atoms with Gasteiger partial charge in [0.05, 0.1) is 9.82 Å². The number of carboxylic acids is 1. The van der Waals surface area contributed by atoms with Crippen LogP contribution in [0.25, 0.3) is 33.2 Å². The number of carbonyl (C=O) groups excluding carboxylic acids is 1. The maximum atomic E-state index is 12.1. The molecule has 0 saturated carbocycles. The first-order valence-electron chi connectivity index (χ1n) is 14.3. The molecule has 5 aromatic rings. The number of hydrogen-bond acceptors (Lipinski definition) is 7. The van der Waals surface area contributed by atoms with Gasteiger partial charge < -0.3 is 19.6 Å². The number of ether oxygens (including phenoxy) is 1.